The second-order valence-corrected chi connectivity index (χ2v) is 7.07. The highest BCUT2D eigenvalue weighted by Crippen LogP contribution is 2.26. The molecular formula is C17H16BrF2N3O2S. The molecule has 5 nitrogen and oxygen atoms in total. The van der Waals surface area contributed by atoms with Crippen LogP contribution in [-0.2, 0) is 4.79 Å². The Kier molecular flexibility index (Phi) is 7.86. The lowest BCUT2D eigenvalue weighted by Crippen LogP contribution is -2.31. The molecule has 2 rings (SSSR count). The van der Waals surface area contributed by atoms with Gasteiger partial charge in [-0.2, -0.15) is 8.78 Å². The summed E-state index contributed by atoms with van der Waals surface area (Å²) in [6.07, 6.45) is 0.0846. The minimum absolute atomic E-state index is 0.0846. The second kappa shape index (κ2) is 10.1. The number of carbonyl (C=O) groups excluding carboxylic acids is 2. The molecule has 0 aliphatic rings. The predicted molar refractivity (Wildman–Crippen MR) is 103 cm³/mol. The summed E-state index contributed by atoms with van der Waals surface area (Å²) in [6.45, 7) is 0.160. The monoisotopic (exact) mass is 443 g/mol. The van der Waals surface area contributed by atoms with Crippen molar-refractivity contribution in [3.8, 4) is 0 Å². The Bertz CT molecular complexity index is 743. The molecule has 0 saturated carbocycles. The highest BCUT2D eigenvalue weighted by atomic mass is 79.9. The number of anilines is 2. The molecule has 0 aliphatic heterocycles. The second-order valence-electron chi connectivity index (χ2n) is 5.09. The SMILES string of the molecule is O=C(CCNC(=O)Nc1ccc(Br)cc1)Nc1ccc(SC(F)F)cc1. The fourth-order valence-corrected chi connectivity index (χ4v) is 2.70. The summed E-state index contributed by atoms with van der Waals surface area (Å²) < 4.78 is 25.4. The first-order valence-corrected chi connectivity index (χ1v) is 9.25. The maximum atomic E-state index is 12.2. The number of rotatable bonds is 7. The first-order valence-electron chi connectivity index (χ1n) is 7.57. The van der Waals surface area contributed by atoms with E-state index in [0.29, 0.717) is 28.0 Å². The average Bonchev–Trinajstić information content (AvgIpc) is 2.58. The Balaban J connectivity index is 1.69. The molecular weight excluding hydrogens is 428 g/mol. The van der Waals surface area contributed by atoms with Crippen molar-refractivity contribution in [1.29, 1.82) is 0 Å². The van der Waals surface area contributed by atoms with Gasteiger partial charge in [-0.25, -0.2) is 4.79 Å². The fraction of sp³-hybridized carbons (Fsp3) is 0.176. The van der Waals surface area contributed by atoms with E-state index in [-0.39, 0.29) is 18.9 Å². The van der Waals surface area contributed by atoms with E-state index >= 15 is 0 Å². The number of carbonyl (C=O) groups is 2. The van der Waals surface area contributed by atoms with Crippen molar-refractivity contribution in [3.05, 3.63) is 53.0 Å². The molecule has 0 aliphatic carbocycles. The lowest BCUT2D eigenvalue weighted by atomic mass is 10.3. The molecule has 26 heavy (non-hydrogen) atoms. The van der Waals surface area contributed by atoms with E-state index in [9.17, 15) is 18.4 Å². The maximum Gasteiger partial charge on any atom is 0.319 e. The summed E-state index contributed by atoms with van der Waals surface area (Å²) in [4.78, 5) is 24.0. The third-order valence-corrected chi connectivity index (χ3v) is 4.35. The predicted octanol–water partition coefficient (Wildman–Crippen LogP) is 4.91. The Labute approximate surface area is 162 Å². The van der Waals surface area contributed by atoms with Gasteiger partial charge in [0.2, 0.25) is 5.91 Å². The van der Waals surface area contributed by atoms with Gasteiger partial charge in [-0.15, -0.1) is 0 Å². The lowest BCUT2D eigenvalue weighted by molar-refractivity contribution is -0.116. The van der Waals surface area contributed by atoms with E-state index in [0.717, 1.165) is 4.47 Å². The molecule has 138 valence electrons. The summed E-state index contributed by atoms with van der Waals surface area (Å²) in [5.74, 6) is -2.77. The number of hydrogen-bond donors (Lipinski definition) is 3. The molecule has 2 aromatic carbocycles. The van der Waals surface area contributed by atoms with E-state index in [1.165, 1.54) is 12.1 Å². The van der Waals surface area contributed by atoms with Crippen molar-refractivity contribution in [3.63, 3.8) is 0 Å². The summed E-state index contributed by atoms with van der Waals surface area (Å²) in [7, 11) is 0. The Morgan fingerprint density at radius 2 is 1.54 bits per heavy atom. The Hall–Kier alpha value is -2.13. The van der Waals surface area contributed by atoms with Crippen LogP contribution in [0.2, 0.25) is 0 Å². The van der Waals surface area contributed by atoms with Crippen molar-refractivity contribution in [2.45, 2.75) is 17.1 Å². The fourth-order valence-electron chi connectivity index (χ4n) is 1.94. The maximum absolute atomic E-state index is 12.2. The molecule has 0 fully saturated rings. The van der Waals surface area contributed by atoms with Crippen LogP contribution in [-0.4, -0.2) is 24.2 Å². The lowest BCUT2D eigenvalue weighted by Gasteiger charge is -2.09. The van der Waals surface area contributed by atoms with Crippen LogP contribution in [0.15, 0.2) is 57.9 Å². The molecule has 0 radical (unpaired) electrons. The van der Waals surface area contributed by atoms with E-state index < -0.39 is 11.8 Å². The largest absolute Gasteiger partial charge is 0.337 e. The van der Waals surface area contributed by atoms with E-state index in [1.807, 2.05) is 0 Å². The number of halogens is 3. The highest BCUT2D eigenvalue weighted by molar-refractivity contribution is 9.10. The van der Waals surface area contributed by atoms with Crippen molar-refractivity contribution in [2.24, 2.45) is 0 Å². The van der Waals surface area contributed by atoms with Crippen LogP contribution in [0.25, 0.3) is 0 Å². The number of urea groups is 1. The van der Waals surface area contributed by atoms with Gasteiger partial charge in [0, 0.05) is 33.7 Å². The van der Waals surface area contributed by atoms with Crippen LogP contribution >= 0.6 is 27.7 Å². The van der Waals surface area contributed by atoms with Crippen molar-refractivity contribution in [1.82, 2.24) is 5.32 Å². The van der Waals surface area contributed by atoms with Gasteiger partial charge in [0.25, 0.3) is 5.76 Å². The number of amides is 3. The minimum atomic E-state index is -2.48. The van der Waals surface area contributed by atoms with Gasteiger partial charge in [0.1, 0.15) is 0 Å². The standard InChI is InChI=1S/C17H16BrF2N3O2S/c18-11-1-3-13(4-2-11)23-17(25)21-10-9-15(24)22-12-5-7-14(8-6-12)26-16(19)20/h1-8,16H,9-10H2,(H,22,24)(H2,21,23,25). The average molecular weight is 444 g/mol. The summed E-state index contributed by atoms with van der Waals surface area (Å²) in [5.41, 5.74) is 1.14. The number of benzene rings is 2. The van der Waals surface area contributed by atoms with E-state index in [1.54, 1.807) is 36.4 Å². The first kappa shape index (κ1) is 20.2. The van der Waals surface area contributed by atoms with Crippen LogP contribution in [0.1, 0.15) is 6.42 Å². The zero-order chi connectivity index (χ0) is 18.9. The van der Waals surface area contributed by atoms with Crippen molar-refractivity contribution >= 4 is 51.0 Å². The molecule has 0 atom stereocenters. The van der Waals surface area contributed by atoms with Crippen LogP contribution < -0.4 is 16.0 Å². The molecule has 3 N–H and O–H groups in total. The molecule has 0 heterocycles. The number of thioether (sulfide) groups is 1. The Morgan fingerprint density at radius 3 is 2.15 bits per heavy atom. The van der Waals surface area contributed by atoms with Crippen LogP contribution in [0, 0.1) is 0 Å². The summed E-state index contributed by atoms with van der Waals surface area (Å²) >= 11 is 3.75. The number of nitrogens with one attached hydrogen (secondary N) is 3. The van der Waals surface area contributed by atoms with Gasteiger partial charge in [0.15, 0.2) is 0 Å². The molecule has 0 saturated heterocycles. The summed E-state index contributed by atoms with van der Waals surface area (Å²) in [6, 6.07) is 12.8. The van der Waals surface area contributed by atoms with Gasteiger partial charge < -0.3 is 16.0 Å². The normalized spacial score (nSPS) is 10.5. The van der Waals surface area contributed by atoms with E-state index in [4.69, 9.17) is 0 Å². The minimum Gasteiger partial charge on any atom is -0.337 e. The molecule has 0 spiro atoms. The topological polar surface area (TPSA) is 70.2 Å². The van der Waals surface area contributed by atoms with Crippen LogP contribution in [0.4, 0.5) is 25.0 Å². The third-order valence-electron chi connectivity index (χ3n) is 3.10. The van der Waals surface area contributed by atoms with Crippen LogP contribution in [0.3, 0.4) is 0 Å². The number of hydrogen-bond acceptors (Lipinski definition) is 3. The van der Waals surface area contributed by atoms with Crippen molar-refractivity contribution in [2.75, 3.05) is 17.2 Å². The Morgan fingerprint density at radius 1 is 0.962 bits per heavy atom. The number of alkyl halides is 2. The molecule has 2 aromatic rings. The summed E-state index contributed by atoms with van der Waals surface area (Å²) in [5, 5.41) is 7.87. The third kappa shape index (κ3) is 7.40. The van der Waals surface area contributed by atoms with Gasteiger partial charge in [-0.1, -0.05) is 27.7 Å². The molecule has 0 bridgehead atoms. The first-order chi connectivity index (χ1) is 12.4. The van der Waals surface area contributed by atoms with Gasteiger partial charge in [-0.3, -0.25) is 4.79 Å². The molecule has 9 heteroatoms. The van der Waals surface area contributed by atoms with Gasteiger partial charge in [-0.05, 0) is 48.5 Å². The quantitative estimate of drug-likeness (QED) is 0.532. The van der Waals surface area contributed by atoms with E-state index in [2.05, 4.69) is 31.9 Å². The van der Waals surface area contributed by atoms with Gasteiger partial charge in [0.05, 0.1) is 0 Å². The zero-order valence-corrected chi connectivity index (χ0v) is 15.9. The zero-order valence-electron chi connectivity index (χ0n) is 13.5. The van der Waals surface area contributed by atoms with Gasteiger partial charge >= 0.3 is 6.03 Å². The highest BCUT2D eigenvalue weighted by Gasteiger charge is 2.07. The molecule has 3 amide bonds. The van der Waals surface area contributed by atoms with Crippen LogP contribution in [0.5, 0.6) is 0 Å². The smallest absolute Gasteiger partial charge is 0.319 e. The van der Waals surface area contributed by atoms with Crippen molar-refractivity contribution < 1.29 is 18.4 Å². The molecule has 0 aromatic heterocycles. The molecule has 0 unspecified atom stereocenters.